The standard InChI is InChI=1S/C23H24N4O5/c1-5-32-22(28)18-19(14-9-7-6-8-10-14)26-23-24-13-25-27(23)20(18)16-11-15(29-2)12-17(30-3)21(16)31-4/h6-13,20H,5H2,1-4H3,(H,24,25,26)/t20-/m0/s1. The number of hydrogen-bond donors (Lipinski definition) is 1. The molecule has 0 aliphatic carbocycles. The van der Waals surface area contributed by atoms with E-state index >= 15 is 0 Å². The lowest BCUT2D eigenvalue weighted by molar-refractivity contribution is -0.138. The number of esters is 1. The molecule has 1 aliphatic heterocycles. The number of carbonyl (C=O) groups is 1. The summed E-state index contributed by atoms with van der Waals surface area (Å²) in [4.78, 5) is 17.7. The van der Waals surface area contributed by atoms with Crippen LogP contribution in [0.4, 0.5) is 5.95 Å². The molecule has 32 heavy (non-hydrogen) atoms. The van der Waals surface area contributed by atoms with Crippen LogP contribution in [-0.4, -0.2) is 48.7 Å². The smallest absolute Gasteiger partial charge is 0.338 e. The van der Waals surface area contributed by atoms with E-state index in [-0.39, 0.29) is 6.61 Å². The predicted molar refractivity (Wildman–Crippen MR) is 118 cm³/mol. The molecular weight excluding hydrogens is 412 g/mol. The first kappa shape index (κ1) is 21.2. The highest BCUT2D eigenvalue weighted by Crippen LogP contribution is 2.46. The number of methoxy groups -OCH3 is 3. The molecule has 4 rings (SSSR count). The van der Waals surface area contributed by atoms with E-state index in [1.807, 2.05) is 30.3 Å². The largest absolute Gasteiger partial charge is 0.497 e. The molecule has 3 aromatic rings. The van der Waals surface area contributed by atoms with Crippen molar-refractivity contribution in [3.8, 4) is 17.2 Å². The first-order chi connectivity index (χ1) is 15.6. The van der Waals surface area contributed by atoms with Gasteiger partial charge in [-0.25, -0.2) is 9.48 Å². The lowest BCUT2D eigenvalue weighted by Crippen LogP contribution is -2.30. The van der Waals surface area contributed by atoms with Crippen molar-refractivity contribution in [2.24, 2.45) is 0 Å². The quantitative estimate of drug-likeness (QED) is 0.564. The number of nitrogens with one attached hydrogen (secondary N) is 1. The number of benzene rings is 2. The minimum absolute atomic E-state index is 0.222. The summed E-state index contributed by atoms with van der Waals surface area (Å²) < 4.78 is 23.8. The monoisotopic (exact) mass is 436 g/mol. The Hall–Kier alpha value is -4.01. The molecule has 1 atom stereocenters. The fraction of sp³-hybridized carbons (Fsp3) is 0.261. The van der Waals surface area contributed by atoms with Gasteiger partial charge in [-0.3, -0.25) is 0 Å². The third-order valence-electron chi connectivity index (χ3n) is 5.17. The number of carbonyl (C=O) groups excluding carboxylic acids is 1. The van der Waals surface area contributed by atoms with Crippen LogP contribution < -0.4 is 19.5 Å². The van der Waals surface area contributed by atoms with Crippen molar-refractivity contribution in [1.82, 2.24) is 14.8 Å². The lowest BCUT2D eigenvalue weighted by atomic mass is 9.92. The van der Waals surface area contributed by atoms with Crippen LogP contribution in [0, 0.1) is 0 Å². The lowest BCUT2D eigenvalue weighted by Gasteiger charge is -2.30. The van der Waals surface area contributed by atoms with Gasteiger partial charge in [0.05, 0.1) is 39.2 Å². The van der Waals surface area contributed by atoms with Crippen LogP contribution >= 0.6 is 0 Å². The number of aromatic nitrogens is 3. The number of hydrogen-bond acceptors (Lipinski definition) is 8. The zero-order chi connectivity index (χ0) is 22.7. The highest BCUT2D eigenvalue weighted by molar-refractivity contribution is 6.02. The third kappa shape index (κ3) is 3.62. The van der Waals surface area contributed by atoms with Gasteiger partial charge in [0, 0.05) is 11.6 Å². The van der Waals surface area contributed by atoms with E-state index in [1.165, 1.54) is 6.33 Å². The van der Waals surface area contributed by atoms with Gasteiger partial charge in [-0.1, -0.05) is 30.3 Å². The fourth-order valence-electron chi connectivity index (χ4n) is 3.80. The molecule has 2 heterocycles. The first-order valence-electron chi connectivity index (χ1n) is 10.1. The van der Waals surface area contributed by atoms with E-state index in [0.29, 0.717) is 40.0 Å². The van der Waals surface area contributed by atoms with Gasteiger partial charge in [0.25, 0.3) is 0 Å². The Bertz CT molecular complexity index is 1160. The zero-order valence-corrected chi connectivity index (χ0v) is 18.3. The summed E-state index contributed by atoms with van der Waals surface area (Å²) in [5.74, 6) is 1.46. The summed E-state index contributed by atoms with van der Waals surface area (Å²) in [5, 5.41) is 7.63. The number of rotatable bonds is 7. The van der Waals surface area contributed by atoms with Crippen LogP contribution in [-0.2, 0) is 9.53 Å². The number of anilines is 1. The van der Waals surface area contributed by atoms with Gasteiger partial charge in [-0.2, -0.15) is 10.1 Å². The summed E-state index contributed by atoms with van der Waals surface area (Å²) in [6.07, 6.45) is 1.43. The van der Waals surface area contributed by atoms with Gasteiger partial charge < -0.3 is 24.3 Å². The molecule has 0 saturated heterocycles. The number of ether oxygens (including phenoxy) is 4. The molecule has 0 fully saturated rings. The molecule has 0 bridgehead atoms. The minimum Gasteiger partial charge on any atom is -0.497 e. The van der Waals surface area contributed by atoms with Gasteiger partial charge in [-0.15, -0.1) is 0 Å². The van der Waals surface area contributed by atoms with Crippen LogP contribution in [0.1, 0.15) is 24.1 Å². The van der Waals surface area contributed by atoms with Crippen molar-refractivity contribution in [3.63, 3.8) is 0 Å². The first-order valence-corrected chi connectivity index (χ1v) is 10.1. The van der Waals surface area contributed by atoms with Crippen molar-refractivity contribution in [2.45, 2.75) is 13.0 Å². The van der Waals surface area contributed by atoms with Crippen molar-refractivity contribution in [3.05, 3.63) is 65.5 Å². The Balaban J connectivity index is 2.05. The molecule has 0 amide bonds. The van der Waals surface area contributed by atoms with Crippen LogP contribution in [0.2, 0.25) is 0 Å². The van der Waals surface area contributed by atoms with Crippen molar-refractivity contribution >= 4 is 17.6 Å². The second-order valence-corrected chi connectivity index (χ2v) is 6.88. The molecule has 1 aromatic heterocycles. The molecule has 0 spiro atoms. The van der Waals surface area contributed by atoms with Gasteiger partial charge >= 0.3 is 5.97 Å². The molecule has 0 radical (unpaired) electrons. The maximum absolute atomic E-state index is 13.3. The zero-order valence-electron chi connectivity index (χ0n) is 18.3. The summed E-state index contributed by atoms with van der Waals surface area (Å²) >= 11 is 0. The van der Waals surface area contributed by atoms with Gasteiger partial charge in [0.15, 0.2) is 11.5 Å². The molecule has 0 saturated carbocycles. The molecule has 1 N–H and O–H groups in total. The van der Waals surface area contributed by atoms with E-state index < -0.39 is 12.0 Å². The summed E-state index contributed by atoms with van der Waals surface area (Å²) in [6.45, 7) is 1.99. The minimum atomic E-state index is -0.707. The molecule has 166 valence electrons. The van der Waals surface area contributed by atoms with Crippen LogP contribution in [0.5, 0.6) is 17.2 Å². The molecule has 9 heteroatoms. The molecule has 1 aliphatic rings. The topological polar surface area (TPSA) is 96.7 Å². The van der Waals surface area contributed by atoms with Crippen molar-refractivity contribution in [2.75, 3.05) is 33.3 Å². The average Bonchev–Trinajstić information content (AvgIpc) is 3.31. The summed E-state index contributed by atoms with van der Waals surface area (Å²) in [6, 6.07) is 12.3. The van der Waals surface area contributed by atoms with Crippen LogP contribution in [0.3, 0.4) is 0 Å². The Morgan fingerprint density at radius 1 is 1.09 bits per heavy atom. The van der Waals surface area contributed by atoms with Crippen LogP contribution in [0.15, 0.2) is 54.4 Å². The normalized spacial score (nSPS) is 14.9. The molecule has 2 aromatic carbocycles. The highest BCUT2D eigenvalue weighted by atomic mass is 16.5. The van der Waals surface area contributed by atoms with E-state index in [9.17, 15) is 4.79 Å². The van der Waals surface area contributed by atoms with E-state index in [1.54, 1.807) is 45.1 Å². The maximum atomic E-state index is 13.3. The van der Waals surface area contributed by atoms with Gasteiger partial charge in [0.2, 0.25) is 5.95 Å². The Morgan fingerprint density at radius 3 is 2.53 bits per heavy atom. The van der Waals surface area contributed by atoms with E-state index in [4.69, 9.17) is 18.9 Å². The summed E-state index contributed by atoms with van der Waals surface area (Å²) in [7, 11) is 4.65. The van der Waals surface area contributed by atoms with Gasteiger partial charge in [-0.05, 0) is 18.6 Å². The number of fused-ring (bicyclic) bond motifs is 1. The summed E-state index contributed by atoms with van der Waals surface area (Å²) in [5.41, 5.74) is 2.38. The fourth-order valence-corrected chi connectivity index (χ4v) is 3.80. The van der Waals surface area contributed by atoms with E-state index in [2.05, 4.69) is 15.4 Å². The van der Waals surface area contributed by atoms with Gasteiger partial charge in [0.1, 0.15) is 18.1 Å². The second kappa shape index (κ2) is 9.01. The molecule has 0 unspecified atom stereocenters. The van der Waals surface area contributed by atoms with Crippen molar-refractivity contribution in [1.29, 1.82) is 0 Å². The second-order valence-electron chi connectivity index (χ2n) is 6.88. The highest BCUT2D eigenvalue weighted by Gasteiger charge is 2.38. The number of nitrogens with zero attached hydrogens (tertiary/aromatic N) is 3. The SMILES string of the molecule is CCOC(=O)C1=C(c2ccccc2)Nc2ncnn2[C@H]1c1cc(OC)cc(OC)c1OC. The Labute approximate surface area is 185 Å². The molecular formula is C23H24N4O5. The molecule has 9 nitrogen and oxygen atoms in total. The average molecular weight is 436 g/mol. The predicted octanol–water partition coefficient (Wildman–Crippen LogP) is 3.29. The van der Waals surface area contributed by atoms with Crippen LogP contribution in [0.25, 0.3) is 5.70 Å². The maximum Gasteiger partial charge on any atom is 0.338 e. The van der Waals surface area contributed by atoms with E-state index in [0.717, 1.165) is 5.56 Å². The van der Waals surface area contributed by atoms with Crippen molar-refractivity contribution < 1.29 is 23.7 Å². The third-order valence-corrected chi connectivity index (χ3v) is 5.17. The Morgan fingerprint density at radius 2 is 1.88 bits per heavy atom. The Kier molecular flexibility index (Phi) is 5.98.